The summed E-state index contributed by atoms with van der Waals surface area (Å²) in [6.45, 7) is 3.86. The van der Waals surface area contributed by atoms with Gasteiger partial charge in [0, 0.05) is 5.69 Å². The number of allylic oxidation sites excluding steroid dienone is 2. The van der Waals surface area contributed by atoms with Crippen LogP contribution in [0.5, 0.6) is 0 Å². The zero-order valence-electron chi connectivity index (χ0n) is 11.7. The Morgan fingerprint density at radius 3 is 2.20 bits per heavy atom. The van der Waals surface area contributed by atoms with Crippen LogP contribution >= 0.6 is 0 Å². The van der Waals surface area contributed by atoms with Crippen LogP contribution in [0.25, 0.3) is 0 Å². The topological polar surface area (TPSA) is 66.4 Å². The number of benzene rings is 1. The molecule has 20 heavy (non-hydrogen) atoms. The Balaban J connectivity index is 2.19. The van der Waals surface area contributed by atoms with Gasteiger partial charge < -0.3 is 10.4 Å². The van der Waals surface area contributed by atoms with Gasteiger partial charge in [0.15, 0.2) is 0 Å². The van der Waals surface area contributed by atoms with Crippen LogP contribution in [0.3, 0.4) is 0 Å². The summed E-state index contributed by atoms with van der Waals surface area (Å²) >= 11 is 0. The molecule has 0 saturated heterocycles. The minimum atomic E-state index is -0.906. The van der Waals surface area contributed by atoms with E-state index in [-0.39, 0.29) is 5.91 Å². The molecule has 0 aliphatic heterocycles. The molecular weight excluding hydrogens is 254 g/mol. The highest BCUT2D eigenvalue weighted by Gasteiger charge is 2.34. The van der Waals surface area contributed by atoms with E-state index in [1.165, 1.54) is 0 Å². The van der Waals surface area contributed by atoms with Crippen LogP contribution < -0.4 is 5.32 Å². The largest absolute Gasteiger partial charge is 0.481 e. The molecule has 0 radical (unpaired) electrons. The van der Waals surface area contributed by atoms with E-state index in [0.717, 1.165) is 16.8 Å². The van der Waals surface area contributed by atoms with E-state index in [1.54, 1.807) is 0 Å². The number of carbonyl (C=O) groups excluding carboxylic acids is 1. The van der Waals surface area contributed by atoms with Gasteiger partial charge in [0.2, 0.25) is 5.91 Å². The lowest BCUT2D eigenvalue weighted by Crippen LogP contribution is -2.35. The van der Waals surface area contributed by atoms with Gasteiger partial charge in [-0.05, 0) is 37.8 Å². The monoisotopic (exact) mass is 273 g/mol. The van der Waals surface area contributed by atoms with Gasteiger partial charge >= 0.3 is 5.97 Å². The predicted molar refractivity (Wildman–Crippen MR) is 77.5 cm³/mol. The van der Waals surface area contributed by atoms with Crippen molar-refractivity contribution in [1.29, 1.82) is 0 Å². The van der Waals surface area contributed by atoms with Crippen LogP contribution in [0.2, 0.25) is 0 Å². The van der Waals surface area contributed by atoms with Gasteiger partial charge in [-0.25, -0.2) is 0 Å². The highest BCUT2D eigenvalue weighted by atomic mass is 16.4. The molecule has 4 heteroatoms. The van der Waals surface area contributed by atoms with Crippen LogP contribution in [0.4, 0.5) is 5.69 Å². The van der Waals surface area contributed by atoms with E-state index in [9.17, 15) is 14.7 Å². The van der Waals surface area contributed by atoms with E-state index in [1.807, 2.05) is 44.2 Å². The van der Waals surface area contributed by atoms with Crippen molar-refractivity contribution in [2.45, 2.75) is 26.7 Å². The fraction of sp³-hybridized carbons (Fsp3) is 0.375. The van der Waals surface area contributed by atoms with Crippen molar-refractivity contribution >= 4 is 17.6 Å². The van der Waals surface area contributed by atoms with Crippen LogP contribution in [0, 0.1) is 25.7 Å². The second kappa shape index (κ2) is 5.90. The molecule has 2 atom stereocenters. The number of hydrogen-bond acceptors (Lipinski definition) is 2. The van der Waals surface area contributed by atoms with Gasteiger partial charge in [-0.15, -0.1) is 0 Å². The predicted octanol–water partition coefficient (Wildman–Crippen LogP) is 2.91. The number of carboxylic acid groups (broad SMARTS) is 1. The van der Waals surface area contributed by atoms with Crippen LogP contribution in [0.15, 0.2) is 30.4 Å². The first-order valence-electron chi connectivity index (χ1n) is 6.75. The van der Waals surface area contributed by atoms with Gasteiger partial charge in [-0.1, -0.05) is 30.4 Å². The third-order valence-electron chi connectivity index (χ3n) is 3.82. The molecule has 1 aliphatic carbocycles. The molecule has 2 N–H and O–H groups in total. The molecule has 1 aliphatic rings. The van der Waals surface area contributed by atoms with Crippen molar-refractivity contribution in [1.82, 2.24) is 0 Å². The highest BCUT2D eigenvalue weighted by Crippen LogP contribution is 2.28. The number of carbonyl (C=O) groups is 2. The Kier molecular flexibility index (Phi) is 4.23. The first-order valence-corrected chi connectivity index (χ1v) is 6.75. The molecule has 0 spiro atoms. The number of carboxylic acids is 1. The van der Waals surface area contributed by atoms with Crippen molar-refractivity contribution in [3.8, 4) is 0 Å². The van der Waals surface area contributed by atoms with E-state index in [0.29, 0.717) is 12.8 Å². The average Bonchev–Trinajstić information content (AvgIpc) is 2.43. The zero-order valence-corrected chi connectivity index (χ0v) is 11.7. The SMILES string of the molecule is Cc1cccc(C)c1NC(=O)[C@H]1CC=CC[C@H]1C(=O)O. The molecule has 106 valence electrons. The molecule has 0 unspecified atom stereocenters. The lowest BCUT2D eigenvalue weighted by Gasteiger charge is -2.25. The number of anilines is 1. The Bertz CT molecular complexity index is 543. The summed E-state index contributed by atoms with van der Waals surface area (Å²) in [6.07, 6.45) is 4.61. The van der Waals surface area contributed by atoms with Gasteiger partial charge in [0.25, 0.3) is 0 Å². The summed E-state index contributed by atoms with van der Waals surface area (Å²) < 4.78 is 0. The van der Waals surface area contributed by atoms with Gasteiger partial charge in [0.05, 0.1) is 11.8 Å². The van der Waals surface area contributed by atoms with E-state index in [2.05, 4.69) is 5.32 Å². The molecule has 0 aromatic heterocycles. The normalized spacial score (nSPS) is 21.5. The van der Waals surface area contributed by atoms with Crippen molar-refractivity contribution in [2.24, 2.45) is 11.8 Å². The third-order valence-corrected chi connectivity index (χ3v) is 3.82. The van der Waals surface area contributed by atoms with E-state index < -0.39 is 17.8 Å². The third kappa shape index (κ3) is 2.90. The number of hydrogen-bond donors (Lipinski definition) is 2. The first kappa shape index (κ1) is 14.3. The second-order valence-corrected chi connectivity index (χ2v) is 5.25. The molecule has 0 saturated carbocycles. The molecule has 1 aromatic carbocycles. The Morgan fingerprint density at radius 1 is 1.10 bits per heavy atom. The van der Waals surface area contributed by atoms with Crippen LogP contribution in [-0.2, 0) is 9.59 Å². The second-order valence-electron chi connectivity index (χ2n) is 5.25. The maximum atomic E-state index is 12.4. The molecule has 1 aromatic rings. The van der Waals surface area contributed by atoms with Crippen molar-refractivity contribution < 1.29 is 14.7 Å². The summed E-state index contributed by atoms with van der Waals surface area (Å²) in [5, 5.41) is 12.1. The molecule has 2 rings (SSSR count). The fourth-order valence-electron chi connectivity index (χ4n) is 2.60. The Morgan fingerprint density at radius 2 is 1.65 bits per heavy atom. The smallest absolute Gasteiger partial charge is 0.307 e. The maximum Gasteiger partial charge on any atom is 0.307 e. The van der Waals surface area contributed by atoms with E-state index >= 15 is 0 Å². The highest BCUT2D eigenvalue weighted by molar-refractivity contribution is 5.96. The average molecular weight is 273 g/mol. The van der Waals surface area contributed by atoms with Crippen LogP contribution in [-0.4, -0.2) is 17.0 Å². The maximum absolute atomic E-state index is 12.4. The lowest BCUT2D eigenvalue weighted by atomic mass is 9.82. The Hall–Kier alpha value is -2.10. The van der Waals surface area contributed by atoms with Gasteiger partial charge in [-0.3, -0.25) is 9.59 Å². The quantitative estimate of drug-likeness (QED) is 0.832. The summed E-state index contributed by atoms with van der Waals surface area (Å²) in [6, 6.07) is 5.79. The number of para-hydroxylation sites is 1. The van der Waals surface area contributed by atoms with Crippen LogP contribution in [0.1, 0.15) is 24.0 Å². The summed E-state index contributed by atoms with van der Waals surface area (Å²) in [5.74, 6) is -2.25. The van der Waals surface area contributed by atoms with Gasteiger partial charge in [0.1, 0.15) is 0 Å². The van der Waals surface area contributed by atoms with Gasteiger partial charge in [-0.2, -0.15) is 0 Å². The number of rotatable bonds is 3. The molecule has 1 amide bonds. The standard InChI is InChI=1S/C16H19NO3/c1-10-6-5-7-11(2)14(10)17-15(18)12-8-3-4-9-13(12)16(19)20/h3-7,12-13H,8-9H2,1-2H3,(H,17,18)(H,19,20)/t12-,13+/m0/s1. The number of aryl methyl sites for hydroxylation is 2. The minimum absolute atomic E-state index is 0.209. The number of amides is 1. The summed E-state index contributed by atoms with van der Waals surface area (Å²) in [4.78, 5) is 23.6. The summed E-state index contributed by atoms with van der Waals surface area (Å²) in [5.41, 5.74) is 2.75. The van der Waals surface area contributed by atoms with E-state index in [4.69, 9.17) is 0 Å². The molecule has 4 nitrogen and oxygen atoms in total. The minimum Gasteiger partial charge on any atom is -0.481 e. The molecule has 0 heterocycles. The lowest BCUT2D eigenvalue weighted by molar-refractivity contribution is -0.146. The fourth-order valence-corrected chi connectivity index (χ4v) is 2.60. The van der Waals surface area contributed by atoms with Crippen molar-refractivity contribution in [3.05, 3.63) is 41.5 Å². The van der Waals surface area contributed by atoms with Crippen molar-refractivity contribution in [3.63, 3.8) is 0 Å². The molecular formula is C16H19NO3. The van der Waals surface area contributed by atoms with Crippen molar-refractivity contribution in [2.75, 3.05) is 5.32 Å². The molecule has 0 bridgehead atoms. The summed E-state index contributed by atoms with van der Waals surface area (Å²) in [7, 11) is 0. The first-order chi connectivity index (χ1) is 9.50. The Labute approximate surface area is 118 Å². The number of nitrogens with one attached hydrogen (secondary N) is 1. The number of aliphatic carboxylic acids is 1. The molecule has 0 fully saturated rings. The zero-order chi connectivity index (χ0) is 14.7.